The number of carbonyl (C=O) groups is 1. The van der Waals surface area contributed by atoms with E-state index in [9.17, 15) is 4.79 Å². The Morgan fingerprint density at radius 3 is 2.58 bits per heavy atom. The number of hydrogen-bond acceptors (Lipinski definition) is 4. The van der Waals surface area contributed by atoms with Gasteiger partial charge in [0.05, 0.1) is 6.61 Å². The number of hydrogen-bond donors (Lipinski definition) is 1. The molecule has 1 aliphatic rings. The van der Waals surface area contributed by atoms with Gasteiger partial charge in [-0.25, -0.2) is 4.98 Å². The van der Waals surface area contributed by atoms with Gasteiger partial charge in [0.1, 0.15) is 11.2 Å². The Morgan fingerprint density at radius 2 is 2.05 bits per heavy atom. The van der Waals surface area contributed by atoms with Crippen LogP contribution in [-0.2, 0) is 14.9 Å². The molecule has 5 heteroatoms. The maximum absolute atomic E-state index is 12.4. The minimum atomic E-state index is -0.627. The topological polar surface area (TPSA) is 67.9 Å². The molecular formula is C14H23N3O2. The Bertz CT molecular complexity index is 434. The molecule has 1 aromatic rings. The molecule has 0 amide bonds. The molecule has 0 radical (unpaired) electrons. The minimum Gasteiger partial charge on any atom is -0.465 e. The molecule has 1 aromatic heterocycles. The second-order valence-corrected chi connectivity index (χ2v) is 5.56. The van der Waals surface area contributed by atoms with Crippen molar-refractivity contribution in [3.05, 3.63) is 11.6 Å². The zero-order chi connectivity index (χ0) is 13.9. The van der Waals surface area contributed by atoms with Crippen LogP contribution in [0.4, 0.5) is 0 Å². The van der Waals surface area contributed by atoms with Gasteiger partial charge in [0, 0.05) is 5.92 Å². The first kappa shape index (κ1) is 14.0. The zero-order valence-corrected chi connectivity index (χ0v) is 12.0. The van der Waals surface area contributed by atoms with E-state index in [0.717, 1.165) is 31.5 Å². The molecule has 19 heavy (non-hydrogen) atoms. The number of ether oxygens (including phenoxy) is 1. The Morgan fingerprint density at radius 1 is 1.37 bits per heavy atom. The van der Waals surface area contributed by atoms with Crippen LogP contribution >= 0.6 is 0 Å². The fraction of sp³-hybridized carbons (Fsp3) is 0.786. The molecule has 0 spiro atoms. The average molecular weight is 265 g/mol. The van der Waals surface area contributed by atoms with Crippen LogP contribution in [0.3, 0.4) is 0 Å². The highest BCUT2D eigenvalue weighted by molar-refractivity contribution is 5.82. The van der Waals surface area contributed by atoms with E-state index >= 15 is 0 Å². The summed E-state index contributed by atoms with van der Waals surface area (Å²) in [6, 6.07) is 0. The Labute approximate surface area is 114 Å². The molecule has 1 aliphatic carbocycles. The highest BCUT2D eigenvalue weighted by atomic mass is 16.5. The number of nitrogens with zero attached hydrogens (tertiary/aromatic N) is 2. The molecule has 0 unspecified atom stereocenters. The van der Waals surface area contributed by atoms with Gasteiger partial charge in [-0.05, 0) is 19.8 Å². The van der Waals surface area contributed by atoms with Gasteiger partial charge in [0.25, 0.3) is 0 Å². The molecule has 1 fully saturated rings. The molecular weight excluding hydrogens is 242 g/mol. The summed E-state index contributed by atoms with van der Waals surface area (Å²) in [5.74, 6) is 1.58. The molecule has 0 bridgehead atoms. The van der Waals surface area contributed by atoms with E-state index in [0.29, 0.717) is 12.4 Å². The normalized spacial score (nSPS) is 18.5. The third kappa shape index (κ3) is 2.65. The van der Waals surface area contributed by atoms with Gasteiger partial charge in [0.15, 0.2) is 5.82 Å². The lowest BCUT2D eigenvalue weighted by Gasteiger charge is -2.32. The Balaban J connectivity index is 2.33. The summed E-state index contributed by atoms with van der Waals surface area (Å²) in [5, 5.41) is 7.26. The smallest absolute Gasteiger partial charge is 0.319 e. The number of rotatable bonds is 4. The highest BCUT2D eigenvalue weighted by Gasteiger charge is 2.46. The van der Waals surface area contributed by atoms with E-state index < -0.39 is 5.41 Å². The third-order valence-corrected chi connectivity index (χ3v) is 3.85. The average Bonchev–Trinajstić information content (AvgIpc) is 2.90. The molecule has 1 N–H and O–H groups in total. The van der Waals surface area contributed by atoms with E-state index in [2.05, 4.69) is 29.0 Å². The summed E-state index contributed by atoms with van der Waals surface area (Å²) in [5.41, 5.74) is -0.627. The van der Waals surface area contributed by atoms with Crippen LogP contribution < -0.4 is 0 Å². The number of aromatic amines is 1. The fourth-order valence-electron chi connectivity index (χ4n) is 2.69. The maximum atomic E-state index is 12.4. The van der Waals surface area contributed by atoms with Crippen molar-refractivity contribution in [2.24, 2.45) is 0 Å². The van der Waals surface area contributed by atoms with Gasteiger partial charge in [-0.15, -0.1) is 0 Å². The molecule has 1 heterocycles. The summed E-state index contributed by atoms with van der Waals surface area (Å²) in [7, 11) is 0. The molecule has 106 valence electrons. The van der Waals surface area contributed by atoms with Crippen molar-refractivity contribution in [2.45, 2.75) is 64.2 Å². The number of H-pyrrole nitrogens is 1. The molecule has 0 aliphatic heterocycles. The second-order valence-electron chi connectivity index (χ2n) is 5.56. The van der Waals surface area contributed by atoms with Gasteiger partial charge in [-0.3, -0.25) is 9.89 Å². The predicted molar refractivity (Wildman–Crippen MR) is 71.9 cm³/mol. The van der Waals surface area contributed by atoms with Gasteiger partial charge in [-0.1, -0.05) is 33.1 Å². The third-order valence-electron chi connectivity index (χ3n) is 3.85. The first-order valence-electron chi connectivity index (χ1n) is 7.20. The number of nitrogens with one attached hydrogen (secondary N) is 1. The largest absolute Gasteiger partial charge is 0.465 e. The zero-order valence-electron chi connectivity index (χ0n) is 12.0. The molecule has 0 aromatic carbocycles. The first-order chi connectivity index (χ1) is 9.10. The SMILES string of the molecule is CCOC(=O)C1(c2n[nH]c(C(C)C)n2)CCCCC1. The lowest BCUT2D eigenvalue weighted by Crippen LogP contribution is -2.40. The molecule has 0 saturated heterocycles. The standard InChI is InChI=1S/C14H23N3O2/c1-4-19-13(18)14(8-6-5-7-9-14)12-15-11(10(2)3)16-17-12/h10H,4-9H2,1-3H3,(H,15,16,17). The predicted octanol–water partition coefficient (Wildman–Crippen LogP) is 2.69. The van der Waals surface area contributed by atoms with Crippen LogP contribution in [0.5, 0.6) is 0 Å². The maximum Gasteiger partial charge on any atom is 0.319 e. The van der Waals surface area contributed by atoms with Crippen LogP contribution in [0.15, 0.2) is 0 Å². The van der Waals surface area contributed by atoms with Crippen LogP contribution in [0.2, 0.25) is 0 Å². The van der Waals surface area contributed by atoms with Gasteiger partial charge in [-0.2, -0.15) is 5.10 Å². The minimum absolute atomic E-state index is 0.163. The van der Waals surface area contributed by atoms with E-state index in [-0.39, 0.29) is 11.9 Å². The Hall–Kier alpha value is -1.39. The van der Waals surface area contributed by atoms with E-state index in [1.165, 1.54) is 6.42 Å². The van der Waals surface area contributed by atoms with Crippen LogP contribution in [0.1, 0.15) is 70.4 Å². The molecule has 0 atom stereocenters. The van der Waals surface area contributed by atoms with Crippen LogP contribution in [0, 0.1) is 0 Å². The van der Waals surface area contributed by atoms with E-state index in [4.69, 9.17) is 4.74 Å². The number of carbonyl (C=O) groups excluding carboxylic acids is 1. The highest BCUT2D eigenvalue weighted by Crippen LogP contribution is 2.39. The monoisotopic (exact) mass is 265 g/mol. The second kappa shape index (κ2) is 5.72. The van der Waals surface area contributed by atoms with E-state index in [1.807, 2.05) is 6.92 Å². The summed E-state index contributed by atoms with van der Waals surface area (Å²) in [4.78, 5) is 16.9. The molecule has 1 saturated carbocycles. The van der Waals surface area contributed by atoms with Crippen molar-refractivity contribution in [3.8, 4) is 0 Å². The van der Waals surface area contributed by atoms with Crippen molar-refractivity contribution < 1.29 is 9.53 Å². The first-order valence-corrected chi connectivity index (χ1v) is 7.20. The quantitative estimate of drug-likeness (QED) is 0.850. The van der Waals surface area contributed by atoms with Crippen molar-refractivity contribution >= 4 is 5.97 Å². The number of esters is 1. The van der Waals surface area contributed by atoms with Crippen LogP contribution in [0.25, 0.3) is 0 Å². The summed E-state index contributed by atoms with van der Waals surface area (Å²) >= 11 is 0. The Kier molecular flexibility index (Phi) is 4.22. The summed E-state index contributed by atoms with van der Waals surface area (Å²) in [6.45, 7) is 6.36. The molecule has 2 rings (SSSR count). The summed E-state index contributed by atoms with van der Waals surface area (Å²) in [6.07, 6.45) is 4.82. The van der Waals surface area contributed by atoms with Gasteiger partial charge < -0.3 is 4.74 Å². The van der Waals surface area contributed by atoms with Crippen molar-refractivity contribution in [1.29, 1.82) is 0 Å². The van der Waals surface area contributed by atoms with Crippen LogP contribution in [-0.4, -0.2) is 27.8 Å². The van der Waals surface area contributed by atoms with Crippen molar-refractivity contribution in [1.82, 2.24) is 15.2 Å². The van der Waals surface area contributed by atoms with E-state index in [1.54, 1.807) is 0 Å². The van der Waals surface area contributed by atoms with Crippen molar-refractivity contribution in [2.75, 3.05) is 6.61 Å². The lowest BCUT2D eigenvalue weighted by molar-refractivity contribution is -0.152. The van der Waals surface area contributed by atoms with Gasteiger partial charge in [0.2, 0.25) is 0 Å². The molecule has 5 nitrogen and oxygen atoms in total. The number of aromatic nitrogens is 3. The van der Waals surface area contributed by atoms with Crippen molar-refractivity contribution in [3.63, 3.8) is 0 Å². The summed E-state index contributed by atoms with van der Waals surface area (Å²) < 4.78 is 5.28. The van der Waals surface area contributed by atoms with Gasteiger partial charge >= 0.3 is 5.97 Å². The lowest BCUT2D eigenvalue weighted by atomic mass is 9.73. The fourth-order valence-corrected chi connectivity index (χ4v) is 2.69.